The molecule has 0 amide bonds. The molecular weight excluding hydrogens is 266 g/mol. The molecule has 0 aromatic heterocycles. The molecule has 4 heteroatoms. The third kappa shape index (κ3) is 4.48. The molecule has 2 rings (SSSR count). The number of halogens is 1. The van der Waals surface area contributed by atoms with Gasteiger partial charge in [0.05, 0.1) is 0 Å². The molecule has 0 saturated carbocycles. The van der Waals surface area contributed by atoms with Gasteiger partial charge in [0.1, 0.15) is 0 Å². The van der Waals surface area contributed by atoms with Crippen molar-refractivity contribution in [2.24, 2.45) is 0 Å². The SMILES string of the molecule is CC(=O)SC1CCNCC1=Cc1ccccc1.Cl. The average Bonchev–Trinajstić information content (AvgIpc) is 2.32. The summed E-state index contributed by atoms with van der Waals surface area (Å²) in [7, 11) is 0. The quantitative estimate of drug-likeness (QED) is 0.904. The van der Waals surface area contributed by atoms with E-state index < -0.39 is 0 Å². The highest BCUT2D eigenvalue weighted by atomic mass is 35.5. The van der Waals surface area contributed by atoms with E-state index in [1.807, 2.05) is 18.2 Å². The number of carbonyl (C=O) groups is 1. The maximum Gasteiger partial charge on any atom is 0.186 e. The summed E-state index contributed by atoms with van der Waals surface area (Å²) in [6, 6.07) is 10.3. The van der Waals surface area contributed by atoms with E-state index >= 15 is 0 Å². The van der Waals surface area contributed by atoms with Gasteiger partial charge in [-0.25, -0.2) is 0 Å². The third-order valence-electron chi connectivity index (χ3n) is 2.79. The Balaban J connectivity index is 0.00000162. The van der Waals surface area contributed by atoms with Crippen LogP contribution in [0.2, 0.25) is 0 Å². The van der Waals surface area contributed by atoms with E-state index in [2.05, 4.69) is 23.5 Å². The largest absolute Gasteiger partial charge is 0.313 e. The predicted octanol–water partition coefficient (Wildman–Crippen LogP) is 3.13. The number of carbonyl (C=O) groups excluding carboxylic acids is 1. The Hall–Kier alpha value is -0.770. The van der Waals surface area contributed by atoms with Crippen molar-refractivity contribution in [3.63, 3.8) is 0 Å². The Labute approximate surface area is 119 Å². The highest BCUT2D eigenvalue weighted by Crippen LogP contribution is 2.26. The van der Waals surface area contributed by atoms with E-state index in [0.29, 0.717) is 5.25 Å². The van der Waals surface area contributed by atoms with Crippen molar-refractivity contribution in [1.29, 1.82) is 0 Å². The van der Waals surface area contributed by atoms with Crippen molar-refractivity contribution in [3.05, 3.63) is 41.5 Å². The van der Waals surface area contributed by atoms with Gasteiger partial charge in [-0.2, -0.15) is 0 Å². The molecule has 2 nitrogen and oxygen atoms in total. The average molecular weight is 284 g/mol. The monoisotopic (exact) mass is 283 g/mol. The van der Waals surface area contributed by atoms with Crippen LogP contribution in [-0.2, 0) is 4.79 Å². The second-order valence-corrected chi connectivity index (χ2v) is 5.57. The van der Waals surface area contributed by atoms with E-state index in [1.165, 1.54) is 22.9 Å². The van der Waals surface area contributed by atoms with Crippen LogP contribution in [0.3, 0.4) is 0 Å². The summed E-state index contributed by atoms with van der Waals surface area (Å²) in [5, 5.41) is 3.91. The summed E-state index contributed by atoms with van der Waals surface area (Å²) in [5.74, 6) is 0. The molecule has 0 radical (unpaired) electrons. The molecule has 1 aliphatic heterocycles. The van der Waals surface area contributed by atoms with Crippen LogP contribution in [0.4, 0.5) is 0 Å². The molecule has 0 aliphatic carbocycles. The number of nitrogens with one attached hydrogen (secondary N) is 1. The molecule has 1 heterocycles. The molecule has 1 aromatic rings. The molecule has 0 bridgehead atoms. The molecule has 1 atom stereocenters. The Morgan fingerprint density at radius 2 is 2.11 bits per heavy atom. The normalized spacial score (nSPS) is 21.4. The standard InChI is InChI=1S/C14H17NOS.ClH/c1-11(16)17-14-7-8-15-10-13(14)9-12-5-3-2-4-6-12;/h2-6,9,14-15H,7-8,10H2,1H3;1H. The van der Waals surface area contributed by atoms with Crippen LogP contribution in [0.1, 0.15) is 18.9 Å². The van der Waals surface area contributed by atoms with Gasteiger partial charge in [-0.3, -0.25) is 4.79 Å². The lowest BCUT2D eigenvalue weighted by molar-refractivity contribution is -0.109. The molecule has 18 heavy (non-hydrogen) atoms. The fourth-order valence-electron chi connectivity index (χ4n) is 2.01. The van der Waals surface area contributed by atoms with Gasteiger partial charge in [0, 0.05) is 18.7 Å². The highest BCUT2D eigenvalue weighted by Gasteiger charge is 2.20. The third-order valence-corrected chi connectivity index (χ3v) is 3.94. The minimum atomic E-state index is 0. The lowest BCUT2D eigenvalue weighted by Crippen LogP contribution is -2.32. The van der Waals surface area contributed by atoms with Crippen molar-refractivity contribution < 1.29 is 4.79 Å². The van der Waals surface area contributed by atoms with Gasteiger partial charge in [0.2, 0.25) is 0 Å². The number of rotatable bonds is 2. The zero-order valence-electron chi connectivity index (χ0n) is 10.4. The van der Waals surface area contributed by atoms with Crippen LogP contribution in [0.5, 0.6) is 0 Å². The number of hydrogen-bond donors (Lipinski definition) is 1. The van der Waals surface area contributed by atoms with Gasteiger partial charge in [-0.15, -0.1) is 12.4 Å². The molecule has 1 aromatic carbocycles. The highest BCUT2D eigenvalue weighted by molar-refractivity contribution is 8.14. The van der Waals surface area contributed by atoms with Crippen LogP contribution in [-0.4, -0.2) is 23.5 Å². The topological polar surface area (TPSA) is 29.1 Å². The second kappa shape index (κ2) is 7.62. The maximum atomic E-state index is 11.2. The Bertz CT molecular complexity index is 419. The number of piperidine rings is 1. The second-order valence-electron chi connectivity index (χ2n) is 4.19. The zero-order valence-corrected chi connectivity index (χ0v) is 12.0. The van der Waals surface area contributed by atoms with E-state index in [0.717, 1.165) is 19.5 Å². The summed E-state index contributed by atoms with van der Waals surface area (Å²) >= 11 is 1.46. The Morgan fingerprint density at radius 3 is 2.78 bits per heavy atom. The summed E-state index contributed by atoms with van der Waals surface area (Å²) in [6.45, 7) is 3.53. The first-order chi connectivity index (χ1) is 8.25. The number of hydrogen-bond acceptors (Lipinski definition) is 3. The first-order valence-corrected chi connectivity index (χ1v) is 6.77. The van der Waals surface area contributed by atoms with Gasteiger partial charge in [0.25, 0.3) is 0 Å². The molecule has 1 fully saturated rings. The Kier molecular flexibility index (Phi) is 6.47. The summed E-state index contributed by atoms with van der Waals surface area (Å²) in [4.78, 5) is 11.2. The summed E-state index contributed by atoms with van der Waals surface area (Å²) in [5.41, 5.74) is 2.53. The molecule has 0 spiro atoms. The zero-order chi connectivity index (χ0) is 12.1. The minimum Gasteiger partial charge on any atom is -0.313 e. The fourth-order valence-corrected chi connectivity index (χ4v) is 2.95. The van der Waals surface area contributed by atoms with E-state index in [1.54, 1.807) is 6.92 Å². The molecule has 1 N–H and O–H groups in total. The number of benzene rings is 1. The van der Waals surface area contributed by atoms with Crippen LogP contribution in [0, 0.1) is 0 Å². The lowest BCUT2D eigenvalue weighted by atomic mass is 10.0. The van der Waals surface area contributed by atoms with Gasteiger partial charge in [-0.1, -0.05) is 48.2 Å². The van der Waals surface area contributed by atoms with Crippen molar-refractivity contribution in [2.45, 2.75) is 18.6 Å². The minimum absolute atomic E-state index is 0. The molecule has 98 valence electrons. The predicted molar refractivity (Wildman–Crippen MR) is 81.2 cm³/mol. The van der Waals surface area contributed by atoms with Crippen LogP contribution in [0.15, 0.2) is 35.9 Å². The lowest BCUT2D eigenvalue weighted by Gasteiger charge is -2.25. The van der Waals surface area contributed by atoms with Crippen molar-refractivity contribution in [3.8, 4) is 0 Å². The van der Waals surface area contributed by atoms with Crippen LogP contribution >= 0.6 is 24.2 Å². The fraction of sp³-hybridized carbons (Fsp3) is 0.357. The summed E-state index contributed by atoms with van der Waals surface area (Å²) < 4.78 is 0. The first-order valence-electron chi connectivity index (χ1n) is 5.89. The van der Waals surface area contributed by atoms with Gasteiger partial charge in [0.15, 0.2) is 5.12 Å². The maximum absolute atomic E-state index is 11.2. The molecule has 1 unspecified atom stereocenters. The Morgan fingerprint density at radius 1 is 1.39 bits per heavy atom. The number of thioether (sulfide) groups is 1. The van der Waals surface area contributed by atoms with E-state index in [9.17, 15) is 4.79 Å². The van der Waals surface area contributed by atoms with Crippen LogP contribution < -0.4 is 5.32 Å². The first kappa shape index (κ1) is 15.3. The molecule has 1 saturated heterocycles. The van der Waals surface area contributed by atoms with Crippen molar-refractivity contribution in [2.75, 3.05) is 13.1 Å². The van der Waals surface area contributed by atoms with Gasteiger partial charge in [-0.05, 0) is 24.1 Å². The van der Waals surface area contributed by atoms with Crippen molar-refractivity contribution >= 4 is 35.4 Å². The van der Waals surface area contributed by atoms with Crippen molar-refractivity contribution in [1.82, 2.24) is 5.32 Å². The van der Waals surface area contributed by atoms with Gasteiger partial charge < -0.3 is 5.32 Å². The van der Waals surface area contributed by atoms with E-state index in [-0.39, 0.29) is 17.5 Å². The molecular formula is C14H18ClNOS. The molecule has 1 aliphatic rings. The van der Waals surface area contributed by atoms with Gasteiger partial charge >= 0.3 is 0 Å². The smallest absolute Gasteiger partial charge is 0.186 e. The van der Waals surface area contributed by atoms with E-state index in [4.69, 9.17) is 0 Å². The summed E-state index contributed by atoms with van der Waals surface area (Å²) in [6.07, 6.45) is 3.23. The van der Waals surface area contributed by atoms with Crippen LogP contribution in [0.25, 0.3) is 6.08 Å².